The lowest BCUT2D eigenvalue weighted by Gasteiger charge is -2.34. The van der Waals surface area contributed by atoms with Crippen molar-refractivity contribution in [1.82, 2.24) is 34.9 Å². The highest BCUT2D eigenvalue weighted by atomic mass is 32.2. The van der Waals surface area contributed by atoms with Crippen molar-refractivity contribution in [3.05, 3.63) is 93.5 Å². The number of piperidine rings is 2. The van der Waals surface area contributed by atoms with Gasteiger partial charge in [-0.3, -0.25) is 9.59 Å². The zero-order chi connectivity index (χ0) is 46.4. The van der Waals surface area contributed by atoms with Crippen LogP contribution in [0, 0.1) is 0 Å². The molecule has 2 amide bonds. The number of aromatic nitrogens is 4. The fourth-order valence-corrected chi connectivity index (χ4v) is 8.90. The number of urea groups is 1. The van der Waals surface area contributed by atoms with Crippen molar-refractivity contribution in [1.29, 1.82) is 0 Å². The van der Waals surface area contributed by atoms with Gasteiger partial charge in [-0.15, -0.1) is 0 Å². The number of carbonyl (C=O) groups is 1. The van der Waals surface area contributed by atoms with Crippen LogP contribution in [0.1, 0.15) is 25.7 Å². The fraction of sp³-hybridized carbons (Fsp3) is 0.370. The molecule has 4 aromatic carbocycles. The maximum absolute atomic E-state index is 12.8. The molecule has 18 nitrogen and oxygen atoms in total. The number of hydrogen-bond acceptors (Lipinski definition) is 13. The van der Waals surface area contributed by atoms with Crippen LogP contribution in [0.3, 0.4) is 0 Å². The van der Waals surface area contributed by atoms with Crippen LogP contribution < -0.4 is 49.9 Å². The monoisotopic (exact) mass is 909 g/mol. The molecule has 2 aliphatic rings. The molecule has 0 unspecified atom stereocenters. The van der Waals surface area contributed by atoms with Crippen molar-refractivity contribution in [2.75, 3.05) is 84.8 Å². The minimum absolute atomic E-state index is 0.0265. The minimum Gasteiger partial charge on any atom is -0.497 e. The number of ether oxygens (including phenoxy) is 4. The van der Waals surface area contributed by atoms with Crippen LogP contribution in [0.25, 0.3) is 44.6 Å². The molecule has 4 N–H and O–H groups in total. The van der Waals surface area contributed by atoms with Crippen molar-refractivity contribution in [3.63, 3.8) is 0 Å². The molecule has 0 radical (unpaired) electrons. The van der Waals surface area contributed by atoms with Gasteiger partial charge in [-0.1, -0.05) is 0 Å². The molecule has 0 spiro atoms. The first-order valence-electron chi connectivity index (χ1n) is 21.1. The number of rotatable bonds is 11. The van der Waals surface area contributed by atoms with Crippen LogP contribution >= 0.6 is 0 Å². The predicted octanol–water partition coefficient (Wildman–Crippen LogP) is 4.97. The maximum Gasteiger partial charge on any atom is 0.317 e. The number of nitrogens with one attached hydrogen (secondary N) is 4. The van der Waals surface area contributed by atoms with E-state index in [4.69, 9.17) is 18.9 Å². The molecule has 4 heterocycles. The zero-order valence-electron chi connectivity index (χ0n) is 37.6. The Morgan fingerprint density at radius 1 is 0.646 bits per heavy atom. The second-order valence-electron chi connectivity index (χ2n) is 16.1. The van der Waals surface area contributed by atoms with Gasteiger partial charge >= 0.3 is 6.03 Å². The molecule has 0 bridgehead atoms. The van der Waals surface area contributed by atoms with Crippen LogP contribution in [-0.4, -0.2) is 126 Å². The number of sulfonamides is 1. The fourth-order valence-electron chi connectivity index (χ4n) is 8.06. The van der Waals surface area contributed by atoms with Crippen molar-refractivity contribution in [2.45, 2.75) is 37.8 Å². The summed E-state index contributed by atoms with van der Waals surface area (Å²) < 4.78 is 46.8. The normalized spacial score (nSPS) is 14.7. The number of methoxy groups -OCH3 is 4. The molecule has 2 aliphatic heterocycles. The molecule has 344 valence electrons. The molecule has 0 atom stereocenters. The Morgan fingerprint density at radius 2 is 1.05 bits per heavy atom. The van der Waals surface area contributed by atoms with Crippen LogP contribution in [0.15, 0.2) is 82.4 Å². The number of benzene rings is 4. The highest BCUT2D eigenvalue weighted by molar-refractivity contribution is 7.88. The molecular formula is C46H55N9O9S. The van der Waals surface area contributed by atoms with Crippen molar-refractivity contribution >= 4 is 49.2 Å². The van der Waals surface area contributed by atoms with Gasteiger partial charge in [0.15, 0.2) is 0 Å². The van der Waals surface area contributed by atoms with E-state index in [1.807, 2.05) is 48.5 Å². The van der Waals surface area contributed by atoms with E-state index in [9.17, 15) is 22.8 Å². The Bertz CT molecular complexity index is 2870. The Kier molecular flexibility index (Phi) is 14.1. The minimum atomic E-state index is -3.19. The van der Waals surface area contributed by atoms with Gasteiger partial charge in [0.25, 0.3) is 11.1 Å². The predicted molar refractivity (Wildman–Crippen MR) is 252 cm³/mol. The van der Waals surface area contributed by atoms with Gasteiger partial charge in [0, 0.05) is 99.1 Å². The quantitative estimate of drug-likeness (QED) is 0.135. The van der Waals surface area contributed by atoms with Gasteiger partial charge in [0.05, 0.1) is 45.7 Å². The zero-order valence-corrected chi connectivity index (χ0v) is 38.4. The highest BCUT2D eigenvalue weighted by Gasteiger charge is 2.24. The molecule has 2 aromatic heterocycles. The van der Waals surface area contributed by atoms with E-state index in [1.54, 1.807) is 57.5 Å². The Hall–Kier alpha value is -6.86. The number of hydrogen-bond donors (Lipinski definition) is 4. The van der Waals surface area contributed by atoms with Crippen molar-refractivity contribution < 1.29 is 32.2 Å². The summed E-state index contributed by atoms with van der Waals surface area (Å²) >= 11 is 0. The summed E-state index contributed by atoms with van der Waals surface area (Å²) in [5.74, 6) is 2.90. The van der Waals surface area contributed by atoms with Gasteiger partial charge in [-0.05, 0) is 74.2 Å². The molecule has 19 heteroatoms. The summed E-state index contributed by atoms with van der Waals surface area (Å²) in [5.41, 5.74) is 4.19. The van der Waals surface area contributed by atoms with E-state index in [2.05, 4.69) is 39.8 Å². The number of aromatic amines is 2. The van der Waals surface area contributed by atoms with E-state index in [0.717, 1.165) is 74.4 Å². The van der Waals surface area contributed by atoms with Gasteiger partial charge in [0.2, 0.25) is 10.0 Å². The molecule has 0 saturated carbocycles. The second-order valence-corrected chi connectivity index (χ2v) is 17.9. The van der Waals surface area contributed by atoms with Crippen LogP contribution in [-0.2, 0) is 10.0 Å². The van der Waals surface area contributed by atoms with E-state index < -0.39 is 10.0 Å². The van der Waals surface area contributed by atoms with Crippen LogP contribution in [0.2, 0.25) is 0 Å². The first-order chi connectivity index (χ1) is 31.2. The van der Waals surface area contributed by atoms with Gasteiger partial charge in [-0.2, -0.15) is 0 Å². The average molecular weight is 910 g/mol. The van der Waals surface area contributed by atoms with E-state index >= 15 is 0 Å². The summed E-state index contributed by atoms with van der Waals surface area (Å²) in [5, 5.41) is 3.82. The molecule has 0 aliphatic carbocycles. The van der Waals surface area contributed by atoms with Crippen LogP contribution in [0.5, 0.6) is 23.0 Å². The first-order valence-corrected chi connectivity index (χ1v) is 23.0. The van der Waals surface area contributed by atoms with E-state index in [0.29, 0.717) is 56.5 Å². The summed E-state index contributed by atoms with van der Waals surface area (Å²) in [7, 11) is 6.43. The number of carbonyl (C=O) groups excluding carboxylic acids is 1. The second kappa shape index (κ2) is 19.9. The summed E-state index contributed by atoms with van der Waals surface area (Å²) in [6.07, 6.45) is 4.47. The third kappa shape index (κ3) is 10.9. The molecule has 65 heavy (non-hydrogen) atoms. The topological polar surface area (TPSA) is 213 Å². The highest BCUT2D eigenvalue weighted by Crippen LogP contribution is 2.31. The first kappa shape index (κ1) is 46.1. The van der Waals surface area contributed by atoms with E-state index in [1.165, 1.54) is 20.5 Å². The molecule has 2 fully saturated rings. The lowest BCUT2D eigenvalue weighted by atomic mass is 10.0. The van der Waals surface area contributed by atoms with Crippen molar-refractivity contribution in [3.8, 4) is 45.8 Å². The van der Waals surface area contributed by atoms with Gasteiger partial charge in [-0.25, -0.2) is 27.9 Å². The Morgan fingerprint density at radius 3 is 1.40 bits per heavy atom. The van der Waals surface area contributed by atoms with Gasteiger partial charge < -0.3 is 48.9 Å². The maximum atomic E-state index is 12.8. The Balaban J connectivity index is 0.000000194. The summed E-state index contributed by atoms with van der Waals surface area (Å²) in [4.78, 5) is 58.4. The lowest BCUT2D eigenvalue weighted by molar-refractivity contribution is 0.210. The molecule has 2 saturated heterocycles. The third-order valence-corrected chi connectivity index (χ3v) is 12.3. The SMILES string of the molecule is COc1cc(OC)c2c(=O)[nH]c(-c3ccc(N4CCC(NC(=O)N(C)C)CC4)cc3)nc2c1.COc1cc(OC)c2c(=O)[nH]c(-c3ccc(N4CCC(NS(C)(=O)=O)CC4)cc3)nc2c1. The largest absolute Gasteiger partial charge is 0.497 e. The number of fused-ring (bicyclic) bond motifs is 2. The number of nitrogens with zero attached hydrogens (tertiary/aromatic N) is 5. The summed E-state index contributed by atoms with van der Waals surface area (Å²) in [6, 6.07) is 22.6. The number of H-pyrrole nitrogens is 2. The van der Waals surface area contributed by atoms with Crippen molar-refractivity contribution in [2.24, 2.45) is 0 Å². The number of anilines is 2. The smallest absolute Gasteiger partial charge is 0.317 e. The lowest BCUT2D eigenvalue weighted by Crippen LogP contribution is -2.47. The Labute approximate surface area is 376 Å². The van der Waals surface area contributed by atoms with E-state index in [-0.39, 0.29) is 29.2 Å². The molecule has 6 aromatic rings. The summed E-state index contributed by atoms with van der Waals surface area (Å²) in [6.45, 7) is 3.25. The molecular weight excluding hydrogens is 855 g/mol. The van der Waals surface area contributed by atoms with Gasteiger partial charge in [0.1, 0.15) is 45.4 Å². The van der Waals surface area contributed by atoms with Crippen LogP contribution in [0.4, 0.5) is 16.2 Å². The standard InChI is InChI=1S/C24H29N5O4.C22H26N4O5S/c1-28(2)24(31)25-16-9-11-29(12-10-16)17-7-5-15(6-8-17)22-26-19-13-18(32-3)14-20(33-4)21(19)23(30)27-22;1-30-17-12-18-20(19(13-17)31-2)22(27)24-21(23-18)14-4-6-16(7-5-14)26-10-8-15(9-11-26)25-32(3,28)29/h5-8,13-14,16H,9-12H2,1-4H3,(H,25,31)(H,26,27,30);4-7,12-13,15,25H,8-11H2,1-3H3,(H,23,24,27). The molecule has 8 rings (SSSR count). The third-order valence-electron chi connectivity index (χ3n) is 11.5. The average Bonchev–Trinajstić information content (AvgIpc) is 3.30. The number of amides is 2.